The van der Waals surface area contributed by atoms with Crippen LogP contribution in [0.1, 0.15) is 60.4 Å². The predicted molar refractivity (Wildman–Crippen MR) is 161 cm³/mol. The minimum Gasteiger partial charge on any atom is -0.270 e. The van der Waals surface area contributed by atoms with E-state index in [1.807, 2.05) is 6.08 Å². The van der Waals surface area contributed by atoms with E-state index in [0.29, 0.717) is 5.92 Å². The van der Waals surface area contributed by atoms with Gasteiger partial charge in [-0.1, -0.05) is 86.3 Å². The molecule has 0 amide bonds. The Kier molecular flexibility index (Phi) is 11.5. The molecule has 0 aromatic heterocycles. The highest BCUT2D eigenvalue weighted by Gasteiger charge is 2.49. The van der Waals surface area contributed by atoms with Crippen LogP contribution in [0, 0.1) is 30.1 Å². The van der Waals surface area contributed by atoms with Crippen molar-refractivity contribution in [2.75, 3.05) is 6.54 Å². The van der Waals surface area contributed by atoms with E-state index in [-0.39, 0.29) is 12.0 Å². The number of hydrazine groups is 1. The van der Waals surface area contributed by atoms with Crippen LogP contribution in [0.15, 0.2) is 93.1 Å². The maximum atomic E-state index is 7.67. The van der Waals surface area contributed by atoms with E-state index in [2.05, 4.69) is 113 Å². The van der Waals surface area contributed by atoms with Crippen molar-refractivity contribution in [1.29, 1.82) is 5.26 Å². The van der Waals surface area contributed by atoms with Gasteiger partial charge in [-0.25, -0.2) is 5.43 Å². The summed E-state index contributed by atoms with van der Waals surface area (Å²) in [4.78, 5) is 0. The van der Waals surface area contributed by atoms with Gasteiger partial charge in [0.1, 0.15) is 0 Å². The molecule has 3 heteroatoms. The molecule has 2 aliphatic carbocycles. The lowest BCUT2D eigenvalue weighted by atomic mass is 9.76. The summed E-state index contributed by atoms with van der Waals surface area (Å²) >= 11 is 0. The van der Waals surface area contributed by atoms with Crippen molar-refractivity contribution in [3.63, 3.8) is 0 Å². The monoisotopic (exact) mass is 493 g/mol. The normalized spacial score (nSPS) is 15.7. The summed E-state index contributed by atoms with van der Waals surface area (Å²) in [5, 5.41) is 7.67. The summed E-state index contributed by atoms with van der Waals surface area (Å²) in [7, 11) is 0. The first-order valence-corrected chi connectivity index (χ1v) is 13.0. The number of hydrogen-bond donors (Lipinski definition) is 2. The Morgan fingerprint density at radius 2 is 1.86 bits per heavy atom. The largest absolute Gasteiger partial charge is 0.270 e. The number of allylic oxidation sites excluding steroid dienone is 4. The zero-order valence-electron chi connectivity index (χ0n) is 22.7. The summed E-state index contributed by atoms with van der Waals surface area (Å²) in [6.07, 6.45) is 12.5. The molecule has 0 heterocycles. The number of nitriles is 1. The molecule has 3 nitrogen and oxygen atoms in total. The molecule has 2 aromatic carbocycles. The molecule has 0 bridgehead atoms. The van der Waals surface area contributed by atoms with Gasteiger partial charge in [-0.05, 0) is 84.3 Å². The van der Waals surface area contributed by atoms with E-state index in [4.69, 9.17) is 5.26 Å². The fourth-order valence-electron chi connectivity index (χ4n) is 4.80. The number of aryl methyl sites for hydroxylation is 1. The van der Waals surface area contributed by atoms with Gasteiger partial charge in [0, 0.05) is 5.41 Å². The molecular formula is C34H43N3. The van der Waals surface area contributed by atoms with Crippen molar-refractivity contribution in [2.45, 2.75) is 51.4 Å². The van der Waals surface area contributed by atoms with Crippen molar-refractivity contribution >= 4 is 11.6 Å². The van der Waals surface area contributed by atoms with Crippen LogP contribution in [0.3, 0.4) is 0 Å². The van der Waals surface area contributed by atoms with Gasteiger partial charge in [-0.3, -0.25) is 5.84 Å². The first kappa shape index (κ1) is 29.8. The average molecular weight is 494 g/mol. The highest BCUT2D eigenvalue weighted by Crippen LogP contribution is 2.57. The quantitative estimate of drug-likeness (QED) is 0.116. The summed E-state index contributed by atoms with van der Waals surface area (Å²) in [6.45, 7) is 23.5. The van der Waals surface area contributed by atoms with Crippen LogP contribution in [0.5, 0.6) is 0 Å². The molecule has 37 heavy (non-hydrogen) atoms. The molecule has 1 unspecified atom stereocenters. The second-order valence-electron chi connectivity index (χ2n) is 9.85. The molecule has 2 aromatic rings. The van der Waals surface area contributed by atoms with Crippen molar-refractivity contribution in [3.05, 3.63) is 121 Å². The van der Waals surface area contributed by atoms with Gasteiger partial charge in [0.05, 0.1) is 12.6 Å². The number of nitrogens with two attached hydrogens (primary N) is 1. The van der Waals surface area contributed by atoms with E-state index in [1.165, 1.54) is 64.6 Å². The van der Waals surface area contributed by atoms with E-state index in [0.717, 1.165) is 12.3 Å². The van der Waals surface area contributed by atoms with E-state index >= 15 is 0 Å². The molecule has 1 atom stereocenters. The molecular weight excluding hydrogens is 450 g/mol. The number of benzene rings is 2. The van der Waals surface area contributed by atoms with E-state index in [1.54, 1.807) is 6.07 Å². The van der Waals surface area contributed by atoms with Gasteiger partial charge in [0.25, 0.3) is 0 Å². The Bertz CT molecular complexity index is 1160. The molecule has 0 saturated heterocycles. The first-order chi connectivity index (χ1) is 17.9. The molecule has 2 saturated carbocycles. The molecule has 194 valence electrons. The Balaban J connectivity index is 0.000000617. The van der Waals surface area contributed by atoms with Crippen LogP contribution in [0.4, 0.5) is 0 Å². The van der Waals surface area contributed by atoms with Crippen LogP contribution in [-0.4, -0.2) is 6.54 Å². The van der Waals surface area contributed by atoms with Gasteiger partial charge in [0.2, 0.25) is 0 Å². The summed E-state index contributed by atoms with van der Waals surface area (Å²) in [5.74, 6) is 5.79. The standard InChI is InChI=1S/C30H34.C2H5N3.C2H4/c1-6-9-26-10-7-8-11-29(26)23(4)24(5)30(18-19-30)28-17-13-22(3)27(20-28)14-12-21(2)25-15-16-25;3-1-2-5-4;1-2/h6-8,10-14,17,20,24-25H,1-2,4,9,15-16,18-19H2,3,5H3;5H,2,4H2;1-2H2/b14-12-;;. The number of nitrogens with zero attached hydrogens (tertiary/aromatic N) is 1. The SMILES string of the molecule is C=C.C=CCc1ccccc1C(=C)C(C)C1(c2ccc(C)c(/C=C\C(=C)C3CC3)c2)CC1.N#CCNN. The number of nitrogens with one attached hydrogen (secondary N) is 1. The van der Waals surface area contributed by atoms with E-state index in [9.17, 15) is 0 Å². The number of rotatable bonds is 10. The van der Waals surface area contributed by atoms with Crippen LogP contribution >= 0.6 is 0 Å². The summed E-state index contributed by atoms with van der Waals surface area (Å²) in [6, 6.07) is 17.5. The van der Waals surface area contributed by atoms with Crippen LogP contribution in [0.2, 0.25) is 0 Å². The second-order valence-corrected chi connectivity index (χ2v) is 9.85. The fraction of sp³-hybridized carbons (Fsp3) is 0.324. The number of hydrogen-bond acceptors (Lipinski definition) is 3. The van der Waals surface area contributed by atoms with Crippen LogP contribution in [0.25, 0.3) is 11.6 Å². The Morgan fingerprint density at radius 3 is 2.41 bits per heavy atom. The Hall–Kier alpha value is -3.45. The highest BCUT2D eigenvalue weighted by molar-refractivity contribution is 5.71. The third-order valence-corrected chi connectivity index (χ3v) is 7.48. The molecule has 0 radical (unpaired) electrons. The van der Waals surface area contributed by atoms with Crippen molar-refractivity contribution in [2.24, 2.45) is 17.7 Å². The van der Waals surface area contributed by atoms with Crippen molar-refractivity contribution in [3.8, 4) is 6.07 Å². The lowest BCUT2D eigenvalue weighted by Crippen LogP contribution is -2.21. The van der Waals surface area contributed by atoms with Gasteiger partial charge >= 0.3 is 0 Å². The lowest BCUT2D eigenvalue weighted by Gasteiger charge is -2.28. The molecule has 0 spiro atoms. The summed E-state index contributed by atoms with van der Waals surface area (Å²) < 4.78 is 0. The van der Waals surface area contributed by atoms with Gasteiger partial charge in [-0.15, -0.1) is 19.7 Å². The molecule has 2 fully saturated rings. The van der Waals surface area contributed by atoms with Crippen LogP contribution in [-0.2, 0) is 11.8 Å². The minimum absolute atomic E-state index is 0.210. The van der Waals surface area contributed by atoms with Gasteiger partial charge in [0.15, 0.2) is 0 Å². The van der Waals surface area contributed by atoms with E-state index < -0.39 is 0 Å². The maximum absolute atomic E-state index is 7.67. The summed E-state index contributed by atoms with van der Waals surface area (Å²) in [5.41, 5.74) is 11.6. The van der Waals surface area contributed by atoms with Gasteiger partial charge in [-0.2, -0.15) is 5.26 Å². The fourth-order valence-corrected chi connectivity index (χ4v) is 4.80. The zero-order valence-corrected chi connectivity index (χ0v) is 22.7. The topological polar surface area (TPSA) is 61.8 Å². The van der Waals surface area contributed by atoms with Gasteiger partial charge < -0.3 is 0 Å². The predicted octanol–water partition coefficient (Wildman–Crippen LogP) is 7.86. The molecule has 4 rings (SSSR count). The zero-order chi connectivity index (χ0) is 27.4. The first-order valence-electron chi connectivity index (χ1n) is 13.0. The van der Waals surface area contributed by atoms with Crippen molar-refractivity contribution < 1.29 is 0 Å². The maximum Gasteiger partial charge on any atom is 0.0969 e. The third kappa shape index (κ3) is 7.76. The second kappa shape index (κ2) is 14.3. The molecule has 3 N–H and O–H groups in total. The third-order valence-electron chi connectivity index (χ3n) is 7.48. The Morgan fingerprint density at radius 1 is 1.19 bits per heavy atom. The Labute approximate surface area is 224 Å². The molecule has 0 aliphatic heterocycles. The van der Waals surface area contributed by atoms with Crippen molar-refractivity contribution in [1.82, 2.24) is 5.43 Å². The molecule has 2 aliphatic rings. The van der Waals surface area contributed by atoms with Crippen LogP contribution < -0.4 is 11.3 Å². The smallest absolute Gasteiger partial charge is 0.0969 e. The highest BCUT2D eigenvalue weighted by atomic mass is 15.2. The minimum atomic E-state index is 0.210. The lowest BCUT2D eigenvalue weighted by molar-refractivity contribution is 0.547. The average Bonchev–Trinajstić information content (AvgIpc) is 3.84.